The largest absolute Gasteiger partial charge is 0.380 e. The molecule has 1 aromatic rings. The number of hydrogen-bond acceptors (Lipinski definition) is 4. The van der Waals surface area contributed by atoms with Crippen LogP contribution in [0.2, 0.25) is 0 Å². The van der Waals surface area contributed by atoms with Crippen LogP contribution in [0.5, 0.6) is 0 Å². The van der Waals surface area contributed by atoms with Gasteiger partial charge >= 0.3 is 0 Å². The molecule has 1 heterocycles. The Morgan fingerprint density at radius 2 is 2.20 bits per heavy atom. The molecule has 0 bridgehead atoms. The summed E-state index contributed by atoms with van der Waals surface area (Å²) < 4.78 is 0. The van der Waals surface area contributed by atoms with Crippen molar-refractivity contribution in [3.8, 4) is 0 Å². The van der Waals surface area contributed by atoms with Crippen LogP contribution in [0.15, 0.2) is 18.3 Å². The van der Waals surface area contributed by atoms with Crippen LogP contribution in [0.1, 0.15) is 26.7 Å². The van der Waals surface area contributed by atoms with E-state index in [0.29, 0.717) is 5.82 Å². The van der Waals surface area contributed by atoms with Gasteiger partial charge in [-0.15, -0.1) is 0 Å². The SMILES string of the molecule is CC(C)(Nc1ccnc(NN)c1)C1CC1. The van der Waals surface area contributed by atoms with E-state index in [0.717, 1.165) is 11.6 Å². The summed E-state index contributed by atoms with van der Waals surface area (Å²) in [5, 5.41) is 3.52. The van der Waals surface area contributed by atoms with Gasteiger partial charge in [-0.25, -0.2) is 10.8 Å². The first-order valence-electron chi connectivity index (χ1n) is 5.33. The lowest BCUT2D eigenvalue weighted by atomic mass is 9.98. The Morgan fingerprint density at radius 1 is 1.47 bits per heavy atom. The molecule has 0 saturated heterocycles. The fraction of sp³-hybridized carbons (Fsp3) is 0.545. The van der Waals surface area contributed by atoms with Crippen LogP contribution < -0.4 is 16.6 Å². The molecule has 1 aromatic heterocycles. The zero-order chi connectivity index (χ0) is 10.9. The molecule has 1 saturated carbocycles. The number of nitrogen functional groups attached to an aromatic ring is 1. The molecule has 2 rings (SSSR count). The van der Waals surface area contributed by atoms with E-state index in [1.807, 2.05) is 12.1 Å². The van der Waals surface area contributed by atoms with Gasteiger partial charge in [0.05, 0.1) is 0 Å². The first kappa shape index (κ1) is 10.2. The number of nitrogens with zero attached hydrogens (tertiary/aromatic N) is 1. The predicted molar refractivity (Wildman–Crippen MR) is 62.5 cm³/mol. The third-order valence-electron chi connectivity index (χ3n) is 2.97. The maximum Gasteiger partial charge on any atom is 0.141 e. The Labute approximate surface area is 90.2 Å². The standard InChI is InChI=1S/C11H18N4/c1-11(2,8-3-4-8)14-9-5-6-13-10(7-9)15-12/h5-8H,3-4,12H2,1-2H3,(H2,13,14,15). The van der Waals surface area contributed by atoms with Crippen molar-refractivity contribution in [2.45, 2.75) is 32.2 Å². The summed E-state index contributed by atoms with van der Waals surface area (Å²) in [6.45, 7) is 4.47. The first-order valence-corrected chi connectivity index (χ1v) is 5.33. The number of nitrogens with one attached hydrogen (secondary N) is 2. The molecular formula is C11H18N4. The van der Waals surface area contributed by atoms with Gasteiger partial charge in [-0.3, -0.25) is 0 Å². The molecule has 4 N–H and O–H groups in total. The molecular weight excluding hydrogens is 188 g/mol. The van der Waals surface area contributed by atoms with E-state index < -0.39 is 0 Å². The number of hydrazine groups is 1. The molecule has 4 nitrogen and oxygen atoms in total. The lowest BCUT2D eigenvalue weighted by Gasteiger charge is -2.27. The number of nitrogens with two attached hydrogens (primary N) is 1. The van der Waals surface area contributed by atoms with Crippen molar-refractivity contribution in [3.63, 3.8) is 0 Å². The molecule has 15 heavy (non-hydrogen) atoms. The van der Waals surface area contributed by atoms with E-state index in [9.17, 15) is 0 Å². The summed E-state index contributed by atoms with van der Waals surface area (Å²) in [6.07, 6.45) is 4.40. The molecule has 0 spiro atoms. The highest BCUT2D eigenvalue weighted by molar-refractivity contribution is 5.52. The van der Waals surface area contributed by atoms with Gasteiger partial charge in [0, 0.05) is 23.5 Å². The number of pyridine rings is 1. The van der Waals surface area contributed by atoms with Gasteiger partial charge in [0.15, 0.2) is 0 Å². The van der Waals surface area contributed by atoms with Crippen LogP contribution in [0.25, 0.3) is 0 Å². The second-order valence-electron chi connectivity index (χ2n) is 4.70. The zero-order valence-corrected chi connectivity index (χ0v) is 9.25. The molecule has 4 heteroatoms. The average Bonchev–Trinajstić information content (AvgIpc) is 3.00. The van der Waals surface area contributed by atoms with Crippen LogP contribution in [0.3, 0.4) is 0 Å². The second kappa shape index (κ2) is 3.70. The summed E-state index contributed by atoms with van der Waals surface area (Å²) in [6, 6.07) is 3.88. The van der Waals surface area contributed by atoms with E-state index in [-0.39, 0.29) is 5.54 Å². The quantitative estimate of drug-likeness (QED) is 0.520. The highest BCUT2D eigenvalue weighted by Crippen LogP contribution is 2.41. The number of rotatable bonds is 4. The summed E-state index contributed by atoms with van der Waals surface area (Å²) in [7, 11) is 0. The fourth-order valence-electron chi connectivity index (χ4n) is 1.87. The van der Waals surface area contributed by atoms with Crippen LogP contribution in [0.4, 0.5) is 11.5 Å². The fourth-order valence-corrected chi connectivity index (χ4v) is 1.87. The Balaban J connectivity index is 2.09. The van der Waals surface area contributed by atoms with E-state index >= 15 is 0 Å². The topological polar surface area (TPSA) is 63.0 Å². The minimum atomic E-state index is 0.160. The van der Waals surface area contributed by atoms with Crippen LogP contribution in [0, 0.1) is 5.92 Å². The maximum absolute atomic E-state index is 5.31. The van der Waals surface area contributed by atoms with Gasteiger partial charge in [0.2, 0.25) is 0 Å². The molecule has 0 radical (unpaired) electrons. The van der Waals surface area contributed by atoms with Crippen LogP contribution >= 0.6 is 0 Å². The van der Waals surface area contributed by atoms with Crippen molar-refractivity contribution in [2.75, 3.05) is 10.7 Å². The molecule has 0 atom stereocenters. The van der Waals surface area contributed by atoms with Gasteiger partial charge in [-0.1, -0.05) is 0 Å². The molecule has 0 aromatic carbocycles. The number of hydrogen-bond donors (Lipinski definition) is 3. The maximum atomic E-state index is 5.31. The molecule has 0 unspecified atom stereocenters. The Bertz CT molecular complexity index is 344. The van der Waals surface area contributed by atoms with Crippen molar-refractivity contribution in [1.82, 2.24) is 4.98 Å². The van der Waals surface area contributed by atoms with Crippen molar-refractivity contribution < 1.29 is 0 Å². The third-order valence-corrected chi connectivity index (χ3v) is 2.97. The highest BCUT2D eigenvalue weighted by atomic mass is 15.2. The molecule has 1 aliphatic carbocycles. The highest BCUT2D eigenvalue weighted by Gasteiger charge is 2.37. The van der Waals surface area contributed by atoms with Crippen molar-refractivity contribution in [2.24, 2.45) is 11.8 Å². The summed E-state index contributed by atoms with van der Waals surface area (Å²) in [5.41, 5.74) is 3.77. The number of anilines is 2. The van der Waals surface area contributed by atoms with Crippen LogP contribution in [-0.4, -0.2) is 10.5 Å². The summed E-state index contributed by atoms with van der Waals surface area (Å²) in [5.74, 6) is 6.79. The van der Waals surface area contributed by atoms with Crippen molar-refractivity contribution >= 4 is 11.5 Å². The predicted octanol–water partition coefficient (Wildman–Crippen LogP) is 1.97. The third kappa shape index (κ3) is 2.39. The lowest BCUT2D eigenvalue weighted by molar-refractivity contribution is 0.494. The molecule has 82 valence electrons. The van der Waals surface area contributed by atoms with E-state index in [2.05, 4.69) is 29.6 Å². The van der Waals surface area contributed by atoms with E-state index in [4.69, 9.17) is 5.84 Å². The molecule has 0 amide bonds. The number of aromatic nitrogens is 1. The van der Waals surface area contributed by atoms with Gasteiger partial charge in [0.1, 0.15) is 5.82 Å². The summed E-state index contributed by atoms with van der Waals surface area (Å²) >= 11 is 0. The molecule has 1 aliphatic rings. The second-order valence-corrected chi connectivity index (χ2v) is 4.70. The molecule has 0 aliphatic heterocycles. The van der Waals surface area contributed by atoms with Crippen molar-refractivity contribution in [1.29, 1.82) is 0 Å². The first-order chi connectivity index (χ1) is 7.12. The smallest absolute Gasteiger partial charge is 0.141 e. The average molecular weight is 206 g/mol. The summed E-state index contributed by atoms with van der Waals surface area (Å²) in [4.78, 5) is 4.07. The van der Waals surface area contributed by atoms with E-state index in [1.165, 1.54) is 12.8 Å². The van der Waals surface area contributed by atoms with Gasteiger partial charge in [-0.2, -0.15) is 0 Å². The van der Waals surface area contributed by atoms with Crippen molar-refractivity contribution in [3.05, 3.63) is 18.3 Å². The van der Waals surface area contributed by atoms with Gasteiger partial charge < -0.3 is 10.7 Å². The minimum Gasteiger partial charge on any atom is -0.380 e. The minimum absolute atomic E-state index is 0.160. The Kier molecular flexibility index (Phi) is 2.52. The van der Waals surface area contributed by atoms with Gasteiger partial charge in [0.25, 0.3) is 0 Å². The molecule has 1 fully saturated rings. The zero-order valence-electron chi connectivity index (χ0n) is 9.25. The monoisotopic (exact) mass is 206 g/mol. The Morgan fingerprint density at radius 3 is 2.80 bits per heavy atom. The Hall–Kier alpha value is -1.29. The van der Waals surface area contributed by atoms with Crippen LogP contribution in [-0.2, 0) is 0 Å². The lowest BCUT2D eigenvalue weighted by Crippen LogP contribution is -2.33. The van der Waals surface area contributed by atoms with E-state index in [1.54, 1.807) is 6.20 Å². The normalized spacial score (nSPS) is 16.2. The van der Waals surface area contributed by atoms with Gasteiger partial charge in [-0.05, 0) is 38.7 Å².